The highest BCUT2D eigenvalue weighted by atomic mass is 19.1. The van der Waals surface area contributed by atoms with Crippen molar-refractivity contribution in [1.82, 2.24) is 4.98 Å². The zero-order valence-corrected chi connectivity index (χ0v) is 10.6. The molecule has 0 saturated carbocycles. The third kappa shape index (κ3) is 2.38. The topological polar surface area (TPSA) is 52.3 Å². The largest absolute Gasteiger partial charge is 0.439 e. The van der Waals surface area contributed by atoms with E-state index >= 15 is 0 Å². The molecule has 100 valence electrons. The Hall–Kier alpha value is -2.69. The number of nitrogens with zero attached hydrogens (tertiary/aromatic N) is 1. The molecule has 3 rings (SSSR count). The Morgan fingerprint density at radius 3 is 2.85 bits per heavy atom. The summed E-state index contributed by atoms with van der Waals surface area (Å²) in [6, 6.07) is 10.8. The first kappa shape index (κ1) is 12.3. The van der Waals surface area contributed by atoms with E-state index < -0.39 is 11.6 Å². The Kier molecular flexibility index (Phi) is 2.95. The van der Waals surface area contributed by atoms with E-state index in [4.69, 9.17) is 9.15 Å². The summed E-state index contributed by atoms with van der Waals surface area (Å²) in [7, 11) is 0. The summed E-state index contributed by atoms with van der Waals surface area (Å²) in [6.07, 6.45) is 0. The first-order chi connectivity index (χ1) is 9.61. The monoisotopic (exact) mass is 271 g/mol. The molecule has 4 nitrogen and oxygen atoms in total. The first-order valence-corrected chi connectivity index (χ1v) is 5.97. The third-order valence-corrected chi connectivity index (χ3v) is 2.83. The van der Waals surface area contributed by atoms with E-state index in [0.717, 1.165) is 10.9 Å². The molecule has 0 unspecified atom stereocenters. The molecule has 0 aliphatic heterocycles. The van der Waals surface area contributed by atoms with Crippen LogP contribution in [0.25, 0.3) is 11.0 Å². The molecule has 0 saturated heterocycles. The summed E-state index contributed by atoms with van der Waals surface area (Å²) in [5, 5.41) is 0.823. The number of rotatable bonds is 2. The second-order valence-electron chi connectivity index (χ2n) is 4.31. The molecule has 1 aromatic carbocycles. The van der Waals surface area contributed by atoms with E-state index in [0.29, 0.717) is 11.3 Å². The molecule has 0 aliphatic rings. The molecule has 0 radical (unpaired) electrons. The first-order valence-electron chi connectivity index (χ1n) is 5.97. The molecule has 0 bridgehead atoms. The number of ether oxygens (including phenoxy) is 1. The van der Waals surface area contributed by atoms with Crippen LogP contribution in [0.2, 0.25) is 0 Å². The predicted octanol–water partition coefficient (Wildman–Crippen LogP) is 3.43. The summed E-state index contributed by atoms with van der Waals surface area (Å²) in [4.78, 5) is 15.0. The Bertz CT molecular complexity index is 842. The van der Waals surface area contributed by atoms with Gasteiger partial charge in [-0.3, -0.25) is 0 Å². The zero-order chi connectivity index (χ0) is 14.1. The van der Waals surface area contributed by atoms with Crippen molar-refractivity contribution in [3.05, 3.63) is 64.4 Å². The Morgan fingerprint density at radius 2 is 2.05 bits per heavy atom. The third-order valence-electron chi connectivity index (χ3n) is 2.83. The van der Waals surface area contributed by atoms with Crippen molar-refractivity contribution in [2.75, 3.05) is 0 Å². The molecule has 2 aromatic heterocycles. The van der Waals surface area contributed by atoms with E-state index in [1.807, 2.05) is 6.92 Å². The van der Waals surface area contributed by atoms with E-state index in [1.54, 1.807) is 24.3 Å². The van der Waals surface area contributed by atoms with Crippen LogP contribution in [0.1, 0.15) is 5.56 Å². The molecule has 20 heavy (non-hydrogen) atoms. The fraction of sp³-hybridized carbons (Fsp3) is 0.0667. The number of aromatic nitrogens is 1. The van der Waals surface area contributed by atoms with Crippen LogP contribution in [0.5, 0.6) is 11.6 Å². The van der Waals surface area contributed by atoms with Crippen LogP contribution in [0.15, 0.2) is 51.7 Å². The highest BCUT2D eigenvalue weighted by Crippen LogP contribution is 2.25. The highest BCUT2D eigenvalue weighted by molar-refractivity contribution is 5.81. The van der Waals surface area contributed by atoms with Gasteiger partial charge in [0, 0.05) is 23.6 Å². The van der Waals surface area contributed by atoms with Gasteiger partial charge in [0.05, 0.1) is 0 Å². The van der Waals surface area contributed by atoms with Crippen LogP contribution in [0.3, 0.4) is 0 Å². The van der Waals surface area contributed by atoms with Crippen LogP contribution in [-0.2, 0) is 0 Å². The Balaban J connectivity index is 2.03. The minimum absolute atomic E-state index is 0.138. The molecule has 3 aromatic rings. The van der Waals surface area contributed by atoms with Crippen molar-refractivity contribution < 1.29 is 13.5 Å². The predicted molar refractivity (Wildman–Crippen MR) is 71.5 cm³/mol. The molecule has 0 N–H and O–H groups in total. The molecule has 0 atom stereocenters. The molecular formula is C15H10FNO3. The van der Waals surface area contributed by atoms with E-state index in [9.17, 15) is 9.18 Å². The normalized spacial score (nSPS) is 10.7. The summed E-state index contributed by atoms with van der Waals surface area (Å²) >= 11 is 0. The fourth-order valence-corrected chi connectivity index (χ4v) is 1.94. The maximum absolute atomic E-state index is 13.0. The minimum atomic E-state index is -0.620. The lowest BCUT2D eigenvalue weighted by Crippen LogP contribution is -1.98. The van der Waals surface area contributed by atoms with Crippen LogP contribution in [0, 0.1) is 12.9 Å². The van der Waals surface area contributed by atoms with Gasteiger partial charge >= 0.3 is 5.63 Å². The van der Waals surface area contributed by atoms with Gasteiger partial charge in [-0.05, 0) is 30.7 Å². The van der Waals surface area contributed by atoms with Crippen molar-refractivity contribution in [2.24, 2.45) is 0 Å². The van der Waals surface area contributed by atoms with Crippen molar-refractivity contribution >= 4 is 11.0 Å². The Labute approximate surface area is 113 Å². The zero-order valence-electron chi connectivity index (χ0n) is 10.6. The van der Waals surface area contributed by atoms with Crippen LogP contribution >= 0.6 is 0 Å². The smallest absolute Gasteiger partial charge is 0.336 e. The summed E-state index contributed by atoms with van der Waals surface area (Å²) in [5.74, 6) is -0.0608. The number of aryl methyl sites for hydroxylation is 1. The molecule has 5 heteroatoms. The molecular weight excluding hydrogens is 261 g/mol. The van der Waals surface area contributed by atoms with E-state index in [2.05, 4.69) is 4.98 Å². The molecule has 0 amide bonds. The van der Waals surface area contributed by atoms with Crippen LogP contribution in [-0.4, -0.2) is 4.98 Å². The van der Waals surface area contributed by atoms with Gasteiger partial charge in [0.1, 0.15) is 11.3 Å². The molecule has 0 fully saturated rings. The molecule has 2 heterocycles. The number of pyridine rings is 1. The van der Waals surface area contributed by atoms with Gasteiger partial charge in [-0.2, -0.15) is 9.37 Å². The quantitative estimate of drug-likeness (QED) is 0.529. The van der Waals surface area contributed by atoms with Gasteiger partial charge < -0.3 is 9.15 Å². The maximum atomic E-state index is 13.0. The van der Waals surface area contributed by atoms with Gasteiger partial charge in [-0.25, -0.2) is 4.79 Å². The lowest BCUT2D eigenvalue weighted by Gasteiger charge is -2.06. The lowest BCUT2D eigenvalue weighted by molar-refractivity contribution is 0.444. The van der Waals surface area contributed by atoms with E-state index in [-0.39, 0.29) is 5.88 Å². The molecule has 0 aliphatic carbocycles. The highest BCUT2D eigenvalue weighted by Gasteiger charge is 2.06. The minimum Gasteiger partial charge on any atom is -0.439 e. The standard InChI is InChI=1S/C15H10FNO3/c1-9-7-15(18)20-12-8-10(5-6-11(9)12)19-14-4-2-3-13(16)17-14/h2-8H,1H3. The molecule has 0 spiro atoms. The number of halogens is 1. The SMILES string of the molecule is Cc1cc(=O)oc2cc(Oc3cccc(F)n3)ccc12. The second kappa shape index (κ2) is 4.77. The van der Waals surface area contributed by atoms with Crippen molar-refractivity contribution in [2.45, 2.75) is 6.92 Å². The lowest BCUT2D eigenvalue weighted by atomic mass is 10.1. The fourth-order valence-electron chi connectivity index (χ4n) is 1.94. The summed E-state index contributed by atoms with van der Waals surface area (Å²) < 4.78 is 23.5. The second-order valence-corrected chi connectivity index (χ2v) is 4.31. The van der Waals surface area contributed by atoms with Gasteiger partial charge in [-0.1, -0.05) is 6.07 Å². The maximum Gasteiger partial charge on any atom is 0.336 e. The summed E-state index contributed by atoms with van der Waals surface area (Å²) in [6.45, 7) is 1.83. The van der Waals surface area contributed by atoms with Gasteiger partial charge in [0.2, 0.25) is 11.8 Å². The van der Waals surface area contributed by atoms with Crippen LogP contribution in [0.4, 0.5) is 4.39 Å². The Morgan fingerprint density at radius 1 is 1.20 bits per heavy atom. The van der Waals surface area contributed by atoms with E-state index in [1.165, 1.54) is 18.2 Å². The van der Waals surface area contributed by atoms with Gasteiger partial charge in [0.15, 0.2) is 0 Å². The number of hydrogen-bond donors (Lipinski definition) is 0. The number of benzene rings is 1. The average Bonchev–Trinajstić information content (AvgIpc) is 2.38. The van der Waals surface area contributed by atoms with Crippen molar-refractivity contribution in [3.8, 4) is 11.6 Å². The summed E-state index contributed by atoms with van der Waals surface area (Å²) in [5.41, 5.74) is 0.826. The van der Waals surface area contributed by atoms with Gasteiger partial charge in [-0.15, -0.1) is 0 Å². The van der Waals surface area contributed by atoms with Crippen molar-refractivity contribution in [1.29, 1.82) is 0 Å². The van der Waals surface area contributed by atoms with Crippen LogP contribution < -0.4 is 10.4 Å². The number of hydrogen-bond acceptors (Lipinski definition) is 4. The van der Waals surface area contributed by atoms with Crippen molar-refractivity contribution in [3.63, 3.8) is 0 Å². The van der Waals surface area contributed by atoms with Gasteiger partial charge in [0.25, 0.3) is 0 Å². The number of fused-ring (bicyclic) bond motifs is 1. The average molecular weight is 271 g/mol.